The highest BCUT2D eigenvalue weighted by molar-refractivity contribution is 5.70. The van der Waals surface area contributed by atoms with Crippen LogP contribution in [0.4, 0.5) is 13.2 Å². The summed E-state index contributed by atoms with van der Waals surface area (Å²) in [7, 11) is 0. The molecule has 1 fully saturated rings. The summed E-state index contributed by atoms with van der Waals surface area (Å²) in [5.74, 6) is -0.158. The molecule has 36 heavy (non-hydrogen) atoms. The SMILES string of the molecule is CC(C)Oc1ccc(COc2ccc3c(c2)OCC(CN2CCC[C@H](C(=O)O)C2)=C3)cc1C(F)(F)F. The largest absolute Gasteiger partial charge is 0.490 e. The van der Waals surface area contributed by atoms with Gasteiger partial charge in [0.2, 0.25) is 0 Å². The van der Waals surface area contributed by atoms with E-state index in [2.05, 4.69) is 4.90 Å². The zero-order chi connectivity index (χ0) is 25.9. The van der Waals surface area contributed by atoms with Crippen LogP contribution in [0.25, 0.3) is 6.08 Å². The fraction of sp³-hybridized carbons (Fsp3) is 0.444. The Hall–Kier alpha value is -3.20. The number of fused-ring (bicyclic) bond motifs is 1. The van der Waals surface area contributed by atoms with Crippen LogP contribution in [0, 0.1) is 5.92 Å². The quantitative estimate of drug-likeness (QED) is 0.501. The predicted molar refractivity (Wildman–Crippen MR) is 128 cm³/mol. The minimum absolute atomic E-state index is 0.0371. The van der Waals surface area contributed by atoms with Gasteiger partial charge in [-0.2, -0.15) is 13.2 Å². The standard InChI is InChI=1S/C27H30F3NO5/c1-17(2)36-24-8-5-18(11-23(24)27(28,29)30)15-34-22-7-6-20-10-19(16-35-25(20)12-22)13-31-9-3-4-21(14-31)26(32)33/h5-8,10-12,17,21H,3-4,9,13-16H2,1-2H3,(H,32,33)/t21-/m0/s1. The number of alkyl halides is 3. The van der Waals surface area contributed by atoms with Gasteiger partial charge < -0.3 is 19.3 Å². The number of piperidine rings is 1. The van der Waals surface area contributed by atoms with Crippen molar-refractivity contribution in [2.24, 2.45) is 5.92 Å². The highest BCUT2D eigenvalue weighted by atomic mass is 19.4. The highest BCUT2D eigenvalue weighted by Crippen LogP contribution is 2.38. The van der Waals surface area contributed by atoms with E-state index >= 15 is 0 Å². The first-order chi connectivity index (χ1) is 17.1. The van der Waals surface area contributed by atoms with Crippen LogP contribution in [0.1, 0.15) is 43.4 Å². The summed E-state index contributed by atoms with van der Waals surface area (Å²) in [6.07, 6.45) is -1.30. The average Bonchev–Trinajstić information content (AvgIpc) is 2.82. The van der Waals surface area contributed by atoms with Crippen LogP contribution < -0.4 is 14.2 Å². The molecule has 6 nitrogen and oxygen atoms in total. The van der Waals surface area contributed by atoms with Crippen molar-refractivity contribution in [2.75, 3.05) is 26.2 Å². The number of halogens is 3. The number of ether oxygens (including phenoxy) is 3. The number of benzene rings is 2. The van der Waals surface area contributed by atoms with Gasteiger partial charge in [-0.25, -0.2) is 0 Å². The molecule has 1 atom stereocenters. The topological polar surface area (TPSA) is 68.2 Å². The molecule has 2 heterocycles. The Bertz CT molecular complexity index is 1130. The number of rotatable bonds is 8. The Kier molecular flexibility index (Phi) is 7.78. The number of hydrogen-bond donors (Lipinski definition) is 1. The maximum atomic E-state index is 13.5. The summed E-state index contributed by atoms with van der Waals surface area (Å²) in [5, 5.41) is 9.29. The zero-order valence-electron chi connectivity index (χ0n) is 20.3. The van der Waals surface area contributed by atoms with Gasteiger partial charge in [0.1, 0.15) is 30.5 Å². The van der Waals surface area contributed by atoms with E-state index in [0.717, 1.165) is 30.2 Å². The van der Waals surface area contributed by atoms with Gasteiger partial charge in [0.05, 0.1) is 17.6 Å². The number of hydrogen-bond acceptors (Lipinski definition) is 5. The lowest BCUT2D eigenvalue weighted by Gasteiger charge is -2.32. The lowest BCUT2D eigenvalue weighted by Crippen LogP contribution is -2.40. The zero-order valence-corrected chi connectivity index (χ0v) is 20.3. The van der Waals surface area contributed by atoms with Crippen molar-refractivity contribution in [1.29, 1.82) is 0 Å². The minimum Gasteiger partial charge on any atom is -0.490 e. The fourth-order valence-corrected chi connectivity index (χ4v) is 4.47. The van der Waals surface area contributed by atoms with Crippen LogP contribution in [-0.2, 0) is 17.6 Å². The summed E-state index contributed by atoms with van der Waals surface area (Å²) in [5.41, 5.74) is 1.49. The number of carbonyl (C=O) groups is 1. The van der Waals surface area contributed by atoms with Gasteiger partial charge in [-0.1, -0.05) is 6.07 Å². The lowest BCUT2D eigenvalue weighted by atomic mass is 9.97. The Balaban J connectivity index is 1.40. The van der Waals surface area contributed by atoms with Crippen molar-refractivity contribution in [2.45, 2.75) is 45.6 Å². The number of aliphatic carboxylic acids is 1. The van der Waals surface area contributed by atoms with Crippen molar-refractivity contribution in [1.82, 2.24) is 4.90 Å². The second-order valence-corrected chi connectivity index (χ2v) is 9.49. The van der Waals surface area contributed by atoms with E-state index < -0.39 is 17.7 Å². The fourth-order valence-electron chi connectivity index (χ4n) is 4.47. The van der Waals surface area contributed by atoms with Gasteiger partial charge in [-0.3, -0.25) is 9.69 Å². The summed E-state index contributed by atoms with van der Waals surface area (Å²) >= 11 is 0. The first kappa shape index (κ1) is 25.9. The Morgan fingerprint density at radius 1 is 1.22 bits per heavy atom. The van der Waals surface area contributed by atoms with Gasteiger partial charge in [0.15, 0.2) is 0 Å². The second-order valence-electron chi connectivity index (χ2n) is 9.49. The molecule has 1 N–H and O–H groups in total. The number of nitrogens with zero attached hydrogens (tertiary/aromatic N) is 1. The summed E-state index contributed by atoms with van der Waals surface area (Å²) in [4.78, 5) is 13.5. The van der Waals surface area contributed by atoms with Crippen molar-refractivity contribution < 1.29 is 37.3 Å². The monoisotopic (exact) mass is 505 g/mol. The van der Waals surface area contributed by atoms with Gasteiger partial charge in [0.25, 0.3) is 0 Å². The van der Waals surface area contributed by atoms with Crippen molar-refractivity contribution in [3.8, 4) is 17.2 Å². The van der Waals surface area contributed by atoms with Gasteiger partial charge >= 0.3 is 12.1 Å². The summed E-state index contributed by atoms with van der Waals surface area (Å²) in [6, 6.07) is 9.27. The molecule has 0 aliphatic carbocycles. The van der Waals surface area contributed by atoms with E-state index in [-0.39, 0.29) is 24.4 Å². The number of carboxylic acid groups (broad SMARTS) is 1. The first-order valence-electron chi connectivity index (χ1n) is 12.0. The molecule has 0 spiro atoms. The molecule has 2 aliphatic heterocycles. The Morgan fingerprint density at radius 3 is 2.75 bits per heavy atom. The van der Waals surface area contributed by atoms with Gasteiger partial charge in [-0.15, -0.1) is 0 Å². The summed E-state index contributed by atoms with van der Waals surface area (Å²) in [6.45, 7) is 5.75. The second kappa shape index (κ2) is 10.8. The van der Waals surface area contributed by atoms with E-state index in [1.54, 1.807) is 32.0 Å². The molecule has 1 saturated heterocycles. The van der Waals surface area contributed by atoms with E-state index in [4.69, 9.17) is 14.2 Å². The van der Waals surface area contributed by atoms with E-state index in [0.29, 0.717) is 43.2 Å². The van der Waals surface area contributed by atoms with Crippen LogP contribution in [0.5, 0.6) is 17.2 Å². The molecule has 0 bridgehead atoms. The third-order valence-corrected chi connectivity index (χ3v) is 6.16. The van der Waals surface area contributed by atoms with Gasteiger partial charge in [-0.05, 0) is 74.7 Å². The molecule has 9 heteroatoms. The Labute approximate surface area is 208 Å². The molecule has 2 aromatic rings. The molecular formula is C27H30F3NO5. The number of likely N-dealkylation sites (tertiary alicyclic amines) is 1. The van der Waals surface area contributed by atoms with E-state index in [1.807, 2.05) is 12.1 Å². The maximum Gasteiger partial charge on any atom is 0.419 e. The lowest BCUT2D eigenvalue weighted by molar-refractivity contribution is -0.143. The molecule has 0 aromatic heterocycles. The average molecular weight is 506 g/mol. The van der Waals surface area contributed by atoms with Crippen LogP contribution in [-0.4, -0.2) is 48.3 Å². The third kappa shape index (κ3) is 6.51. The van der Waals surface area contributed by atoms with Crippen LogP contribution in [0.3, 0.4) is 0 Å². The van der Waals surface area contributed by atoms with Crippen molar-refractivity contribution in [3.05, 3.63) is 58.7 Å². The first-order valence-corrected chi connectivity index (χ1v) is 12.0. The molecule has 194 valence electrons. The normalized spacial score (nSPS) is 18.3. The molecule has 0 amide bonds. The molecule has 2 aromatic carbocycles. The molecular weight excluding hydrogens is 475 g/mol. The third-order valence-electron chi connectivity index (χ3n) is 6.16. The van der Waals surface area contributed by atoms with Crippen LogP contribution >= 0.6 is 0 Å². The van der Waals surface area contributed by atoms with E-state index in [9.17, 15) is 23.1 Å². The highest BCUT2D eigenvalue weighted by Gasteiger charge is 2.35. The van der Waals surface area contributed by atoms with Crippen molar-refractivity contribution in [3.63, 3.8) is 0 Å². The van der Waals surface area contributed by atoms with Crippen molar-refractivity contribution >= 4 is 12.0 Å². The maximum absolute atomic E-state index is 13.5. The van der Waals surface area contributed by atoms with E-state index in [1.165, 1.54) is 6.07 Å². The minimum atomic E-state index is -4.54. The van der Waals surface area contributed by atoms with Gasteiger partial charge in [0, 0.05) is 24.7 Å². The predicted octanol–water partition coefficient (Wildman–Crippen LogP) is 5.64. The molecule has 2 aliphatic rings. The Morgan fingerprint density at radius 2 is 2.03 bits per heavy atom. The smallest absolute Gasteiger partial charge is 0.419 e. The number of carboxylic acids is 1. The molecule has 0 radical (unpaired) electrons. The molecule has 0 unspecified atom stereocenters. The molecule has 4 rings (SSSR count). The van der Waals surface area contributed by atoms with Crippen LogP contribution in [0.2, 0.25) is 0 Å². The molecule has 0 saturated carbocycles. The summed E-state index contributed by atoms with van der Waals surface area (Å²) < 4.78 is 57.5. The van der Waals surface area contributed by atoms with Crippen LogP contribution in [0.15, 0.2) is 42.0 Å².